The molecule has 0 spiro atoms. The van der Waals surface area contributed by atoms with E-state index in [2.05, 4.69) is 10.3 Å². The van der Waals surface area contributed by atoms with Crippen LogP contribution in [0.5, 0.6) is 5.75 Å². The number of carbonyl (C=O) groups excluding carboxylic acids is 1. The summed E-state index contributed by atoms with van der Waals surface area (Å²) in [5.74, 6) is 2.59. The molecule has 8 heteroatoms. The Morgan fingerprint density at radius 3 is 2.50 bits per heavy atom. The summed E-state index contributed by atoms with van der Waals surface area (Å²) >= 11 is 6.11. The van der Waals surface area contributed by atoms with Crippen molar-refractivity contribution in [1.29, 1.82) is 0 Å². The van der Waals surface area contributed by atoms with Gasteiger partial charge in [0, 0.05) is 16.6 Å². The number of ether oxygens (including phenoxy) is 1. The summed E-state index contributed by atoms with van der Waals surface area (Å²) in [6, 6.07) is 2.70. The Morgan fingerprint density at radius 2 is 1.83 bits per heavy atom. The molecule has 2 N–H and O–H groups in total. The van der Waals surface area contributed by atoms with Gasteiger partial charge in [-0.2, -0.15) is 0 Å². The van der Waals surface area contributed by atoms with E-state index in [-0.39, 0.29) is 24.5 Å². The highest BCUT2D eigenvalue weighted by Crippen LogP contribution is 2.55. The molecule has 1 aromatic heterocycles. The Labute approximate surface area is 177 Å². The van der Waals surface area contributed by atoms with Gasteiger partial charge in [-0.3, -0.25) is 19.0 Å². The zero-order valence-electron chi connectivity index (χ0n) is 16.6. The lowest BCUT2D eigenvalue weighted by molar-refractivity contribution is -0.127. The number of rotatable bonds is 3. The van der Waals surface area contributed by atoms with Crippen molar-refractivity contribution in [3.05, 3.63) is 37.9 Å². The average molecular weight is 430 g/mol. The van der Waals surface area contributed by atoms with Crippen LogP contribution in [-0.2, 0) is 4.79 Å². The molecule has 1 atom stereocenters. The number of amides is 1. The number of H-pyrrole nitrogens is 1. The lowest BCUT2D eigenvalue weighted by Crippen LogP contribution is -2.60. The summed E-state index contributed by atoms with van der Waals surface area (Å²) in [5, 5.41) is 3.77. The first-order valence-electron chi connectivity index (χ1n) is 10.8. The van der Waals surface area contributed by atoms with Crippen LogP contribution in [0, 0.1) is 17.8 Å². The highest BCUT2D eigenvalue weighted by atomic mass is 35.5. The molecule has 1 amide bonds. The maximum Gasteiger partial charge on any atom is 0.317 e. The molecule has 7 nitrogen and oxygen atoms in total. The smallest absolute Gasteiger partial charge is 0.317 e. The number of benzene rings is 1. The first-order chi connectivity index (χ1) is 14.4. The molecule has 7 rings (SSSR count). The molecular weight excluding hydrogens is 406 g/mol. The number of carbonyl (C=O) groups is 1. The molecular formula is C22H24ClN3O4. The van der Waals surface area contributed by atoms with Gasteiger partial charge in [-0.05, 0) is 62.3 Å². The highest BCUT2D eigenvalue weighted by molar-refractivity contribution is 6.31. The van der Waals surface area contributed by atoms with E-state index in [1.165, 1.54) is 23.8 Å². The summed E-state index contributed by atoms with van der Waals surface area (Å²) in [6.07, 6.45) is 7.26. The predicted molar refractivity (Wildman–Crippen MR) is 112 cm³/mol. The van der Waals surface area contributed by atoms with E-state index in [1.54, 1.807) is 12.1 Å². The van der Waals surface area contributed by atoms with Gasteiger partial charge in [0.25, 0.3) is 0 Å². The van der Waals surface area contributed by atoms with Crippen LogP contribution in [0.2, 0.25) is 5.02 Å². The van der Waals surface area contributed by atoms with Gasteiger partial charge < -0.3 is 15.0 Å². The Kier molecular flexibility index (Phi) is 3.92. The molecule has 1 unspecified atom stereocenters. The van der Waals surface area contributed by atoms with Crippen molar-refractivity contribution >= 4 is 28.5 Å². The number of nitrogens with one attached hydrogen (secondary N) is 2. The van der Waals surface area contributed by atoms with Crippen LogP contribution >= 0.6 is 11.6 Å². The molecule has 2 aromatic rings. The van der Waals surface area contributed by atoms with Crippen LogP contribution in [0.4, 0.5) is 0 Å². The van der Waals surface area contributed by atoms with Crippen LogP contribution in [0.1, 0.15) is 51.0 Å². The van der Waals surface area contributed by atoms with E-state index in [1.807, 2.05) is 0 Å². The quantitative estimate of drug-likeness (QED) is 0.733. The third-order valence-electron chi connectivity index (χ3n) is 7.60. The molecule has 4 bridgehead atoms. The van der Waals surface area contributed by atoms with E-state index < -0.39 is 17.2 Å². The summed E-state index contributed by atoms with van der Waals surface area (Å²) in [6.45, 7) is 0.153. The molecule has 4 aliphatic carbocycles. The minimum atomic E-state index is -0.718. The first-order valence-corrected chi connectivity index (χ1v) is 11.2. The van der Waals surface area contributed by atoms with Crippen molar-refractivity contribution in [1.82, 2.24) is 14.9 Å². The first kappa shape index (κ1) is 18.5. The van der Waals surface area contributed by atoms with Crippen LogP contribution in [0.25, 0.3) is 11.0 Å². The Morgan fingerprint density at radius 1 is 1.17 bits per heavy atom. The monoisotopic (exact) mass is 429 g/mol. The Hall–Kier alpha value is -2.28. The van der Waals surface area contributed by atoms with Gasteiger partial charge in [0.05, 0.1) is 18.0 Å². The van der Waals surface area contributed by atoms with Crippen LogP contribution in [0.15, 0.2) is 21.7 Å². The van der Waals surface area contributed by atoms with E-state index >= 15 is 0 Å². The van der Waals surface area contributed by atoms with Crippen LogP contribution in [-0.4, -0.2) is 27.6 Å². The van der Waals surface area contributed by atoms with Gasteiger partial charge in [0.2, 0.25) is 5.91 Å². The lowest BCUT2D eigenvalue weighted by Gasteiger charge is -2.57. The molecule has 4 saturated carbocycles. The van der Waals surface area contributed by atoms with E-state index in [4.69, 9.17) is 16.3 Å². The van der Waals surface area contributed by atoms with Crippen LogP contribution < -0.4 is 21.2 Å². The summed E-state index contributed by atoms with van der Waals surface area (Å²) in [5.41, 5.74) is -0.538. The predicted octanol–water partition coefficient (Wildman–Crippen LogP) is 2.75. The summed E-state index contributed by atoms with van der Waals surface area (Å²) in [7, 11) is 0. The molecule has 158 valence electrons. The van der Waals surface area contributed by atoms with Crippen molar-refractivity contribution in [3.63, 3.8) is 0 Å². The largest absolute Gasteiger partial charge is 0.489 e. The zero-order chi connectivity index (χ0) is 20.6. The molecule has 30 heavy (non-hydrogen) atoms. The molecule has 2 heterocycles. The van der Waals surface area contributed by atoms with Crippen molar-refractivity contribution < 1.29 is 9.53 Å². The van der Waals surface area contributed by atoms with Crippen molar-refractivity contribution in [2.75, 3.05) is 6.61 Å². The molecule has 1 aromatic carbocycles. The van der Waals surface area contributed by atoms with Crippen molar-refractivity contribution in [3.8, 4) is 5.75 Å². The van der Waals surface area contributed by atoms with Crippen molar-refractivity contribution in [2.24, 2.45) is 17.8 Å². The highest BCUT2D eigenvalue weighted by Gasteiger charge is 2.51. The van der Waals surface area contributed by atoms with Gasteiger partial charge in [-0.25, -0.2) is 0 Å². The number of hydrogen-bond donors (Lipinski definition) is 2. The normalized spacial score (nSPS) is 33.5. The third-order valence-corrected chi connectivity index (χ3v) is 7.82. The fourth-order valence-electron chi connectivity index (χ4n) is 7.00. The number of aromatic nitrogens is 2. The number of nitrogens with zero attached hydrogens (tertiary/aromatic N) is 1. The second-order valence-electron chi connectivity index (χ2n) is 9.84. The fourth-order valence-corrected chi connectivity index (χ4v) is 7.21. The maximum absolute atomic E-state index is 13.1. The van der Waals surface area contributed by atoms with Gasteiger partial charge in [0.15, 0.2) is 0 Å². The number of aromatic amines is 1. The number of hydrogen-bond acceptors (Lipinski definition) is 4. The fraction of sp³-hybridized carbons (Fsp3) is 0.591. The molecule has 4 fully saturated rings. The lowest BCUT2D eigenvalue weighted by atomic mass is 9.53. The van der Waals surface area contributed by atoms with E-state index in [9.17, 15) is 14.4 Å². The van der Waals surface area contributed by atoms with E-state index in [0.717, 1.165) is 37.0 Å². The Balaban J connectivity index is 1.30. The molecule has 1 aliphatic heterocycles. The minimum Gasteiger partial charge on any atom is -0.489 e. The van der Waals surface area contributed by atoms with Crippen molar-refractivity contribution in [2.45, 2.75) is 56.5 Å². The summed E-state index contributed by atoms with van der Waals surface area (Å²) in [4.78, 5) is 40.6. The van der Waals surface area contributed by atoms with Gasteiger partial charge in [0.1, 0.15) is 17.9 Å². The SMILES string of the molecule is O=C(CC1COc2cc(Cl)cc3[nH]c(=O)c(=O)n1c23)NC12CC3CC(CC(C3)C1)C2. The number of halogens is 1. The second kappa shape index (κ2) is 6.36. The zero-order valence-corrected chi connectivity index (χ0v) is 17.3. The van der Waals surface area contributed by atoms with E-state index in [0.29, 0.717) is 21.8 Å². The van der Waals surface area contributed by atoms with Gasteiger partial charge >= 0.3 is 11.1 Å². The standard InChI is InChI=1S/C22H24ClN3O4/c23-14-4-16-19-17(5-14)30-10-15(26(19)21(29)20(28)24-16)6-18(27)25-22-7-11-1-12(8-22)3-13(2-11)9-22/h4-5,11-13,15H,1-3,6-10H2,(H,24,28)(H,25,27). The molecule has 0 radical (unpaired) electrons. The Bertz CT molecular complexity index is 1150. The second-order valence-corrected chi connectivity index (χ2v) is 10.3. The minimum absolute atomic E-state index is 0.0664. The van der Waals surface area contributed by atoms with Gasteiger partial charge in [-0.1, -0.05) is 11.6 Å². The topological polar surface area (TPSA) is 93.2 Å². The molecule has 0 saturated heterocycles. The molecule has 5 aliphatic rings. The summed E-state index contributed by atoms with van der Waals surface area (Å²) < 4.78 is 7.25. The maximum atomic E-state index is 13.1. The van der Waals surface area contributed by atoms with Crippen LogP contribution in [0.3, 0.4) is 0 Å². The third kappa shape index (κ3) is 2.82. The average Bonchev–Trinajstić information content (AvgIpc) is 2.65. The van der Waals surface area contributed by atoms with Gasteiger partial charge in [-0.15, -0.1) is 0 Å².